The molecule has 1 saturated carbocycles. The zero-order valence-corrected chi connectivity index (χ0v) is 11.9. The third-order valence-corrected chi connectivity index (χ3v) is 4.19. The molecule has 1 aliphatic carbocycles. The average molecular weight is 253 g/mol. The predicted molar refractivity (Wildman–Crippen MR) is 73.2 cm³/mol. The number of piperidine rings is 1. The van der Waals surface area contributed by atoms with Crippen LogP contribution in [0.15, 0.2) is 0 Å². The number of hydrogen-bond donors (Lipinski definition) is 1. The lowest BCUT2D eigenvalue weighted by Crippen LogP contribution is -2.55. The average Bonchev–Trinajstić information content (AvgIpc) is 3.12. The molecule has 0 radical (unpaired) electrons. The summed E-state index contributed by atoms with van der Waals surface area (Å²) in [5, 5.41) is 0. The maximum atomic E-state index is 12.6. The van der Waals surface area contributed by atoms with Crippen molar-refractivity contribution in [3.8, 4) is 0 Å². The largest absolute Gasteiger partial charge is 0.334 e. The summed E-state index contributed by atoms with van der Waals surface area (Å²) < 4.78 is 0. The molecule has 1 saturated heterocycles. The number of rotatable bonds is 4. The maximum absolute atomic E-state index is 12.6. The molecule has 2 N–H and O–H groups in total. The van der Waals surface area contributed by atoms with Gasteiger partial charge in [0.25, 0.3) is 0 Å². The number of carbonyl (C=O) groups excluding carboxylic acids is 1. The van der Waals surface area contributed by atoms with Gasteiger partial charge in [0, 0.05) is 18.6 Å². The molecule has 0 bridgehead atoms. The number of nitrogens with two attached hydrogens (primary N) is 1. The molecule has 2 fully saturated rings. The van der Waals surface area contributed by atoms with E-state index in [2.05, 4.69) is 16.8 Å². The van der Waals surface area contributed by atoms with Gasteiger partial charge in [-0.2, -0.15) is 0 Å². The molecule has 18 heavy (non-hydrogen) atoms. The summed E-state index contributed by atoms with van der Waals surface area (Å²) in [4.78, 5) is 17.0. The highest BCUT2D eigenvalue weighted by molar-refractivity contribution is 5.82. The van der Waals surface area contributed by atoms with Gasteiger partial charge in [0.15, 0.2) is 0 Å². The van der Waals surface area contributed by atoms with Crippen molar-refractivity contribution in [2.45, 2.75) is 57.7 Å². The number of carbonyl (C=O) groups is 1. The molecule has 4 heteroatoms. The van der Waals surface area contributed by atoms with E-state index in [4.69, 9.17) is 5.73 Å². The van der Waals surface area contributed by atoms with Gasteiger partial charge in [0.05, 0.1) is 6.04 Å². The van der Waals surface area contributed by atoms with Crippen LogP contribution in [0.2, 0.25) is 0 Å². The fraction of sp³-hybridized carbons (Fsp3) is 0.929. The zero-order valence-electron chi connectivity index (χ0n) is 11.9. The van der Waals surface area contributed by atoms with Crippen molar-refractivity contribution in [2.24, 2.45) is 11.7 Å². The van der Waals surface area contributed by atoms with Gasteiger partial charge >= 0.3 is 0 Å². The van der Waals surface area contributed by atoms with Crippen LogP contribution in [0.4, 0.5) is 0 Å². The van der Waals surface area contributed by atoms with E-state index in [9.17, 15) is 4.79 Å². The topological polar surface area (TPSA) is 49.6 Å². The molecule has 1 aliphatic heterocycles. The quantitative estimate of drug-likeness (QED) is 0.815. The van der Waals surface area contributed by atoms with Gasteiger partial charge in [0.2, 0.25) is 5.91 Å². The van der Waals surface area contributed by atoms with Crippen LogP contribution < -0.4 is 5.73 Å². The molecule has 0 spiro atoms. The van der Waals surface area contributed by atoms with Crippen LogP contribution in [0.1, 0.15) is 39.5 Å². The van der Waals surface area contributed by atoms with E-state index >= 15 is 0 Å². The third kappa shape index (κ3) is 3.04. The first kappa shape index (κ1) is 13.8. The summed E-state index contributed by atoms with van der Waals surface area (Å²) in [5.41, 5.74) is 6.06. The highest BCUT2D eigenvalue weighted by Crippen LogP contribution is 2.32. The smallest absolute Gasteiger partial charge is 0.240 e. The summed E-state index contributed by atoms with van der Waals surface area (Å²) in [6, 6.07) is 0.519. The second-order valence-corrected chi connectivity index (χ2v) is 6.30. The molecule has 2 rings (SSSR count). The minimum atomic E-state index is -0.335. The van der Waals surface area contributed by atoms with Crippen LogP contribution in [0, 0.1) is 5.92 Å². The van der Waals surface area contributed by atoms with Crippen molar-refractivity contribution in [3.63, 3.8) is 0 Å². The zero-order chi connectivity index (χ0) is 13.3. The van der Waals surface area contributed by atoms with Gasteiger partial charge in [0.1, 0.15) is 0 Å². The van der Waals surface area contributed by atoms with Gasteiger partial charge in [-0.15, -0.1) is 0 Å². The summed E-state index contributed by atoms with van der Waals surface area (Å²) in [6.45, 7) is 6.22. The number of amides is 1. The standard InChI is InChI=1S/C14H27N3O/c1-10(2)13(15)14(18)17(11-6-7-11)12-5-4-8-16(3)9-12/h10-13H,4-9,15H2,1-3H3/t12-,13+/m1/s1. The van der Waals surface area contributed by atoms with E-state index in [-0.39, 0.29) is 17.9 Å². The fourth-order valence-electron chi connectivity index (χ4n) is 2.83. The van der Waals surface area contributed by atoms with E-state index in [0.717, 1.165) is 32.4 Å². The second-order valence-electron chi connectivity index (χ2n) is 6.30. The lowest BCUT2D eigenvalue weighted by atomic mass is 9.99. The minimum absolute atomic E-state index is 0.174. The predicted octanol–water partition coefficient (Wildman–Crippen LogP) is 1.05. The lowest BCUT2D eigenvalue weighted by Gasteiger charge is -2.39. The van der Waals surface area contributed by atoms with Gasteiger partial charge in [-0.25, -0.2) is 0 Å². The highest BCUT2D eigenvalue weighted by Gasteiger charge is 2.40. The summed E-state index contributed by atoms with van der Waals surface area (Å²) in [5.74, 6) is 0.396. The lowest BCUT2D eigenvalue weighted by molar-refractivity contribution is -0.137. The maximum Gasteiger partial charge on any atom is 0.240 e. The summed E-state index contributed by atoms with van der Waals surface area (Å²) in [7, 11) is 2.14. The first-order chi connectivity index (χ1) is 8.50. The SMILES string of the molecule is CC(C)[C@H](N)C(=O)N(C1CC1)[C@@H]1CCCN(C)C1. The van der Waals surface area contributed by atoms with Crippen molar-refractivity contribution in [1.29, 1.82) is 0 Å². The molecule has 2 aliphatic rings. The normalized spacial score (nSPS) is 27.3. The Balaban J connectivity index is 2.05. The van der Waals surface area contributed by atoms with Crippen LogP contribution in [0.5, 0.6) is 0 Å². The minimum Gasteiger partial charge on any atom is -0.334 e. The Bertz CT molecular complexity index is 301. The van der Waals surface area contributed by atoms with Crippen LogP contribution in [-0.4, -0.2) is 54.0 Å². The van der Waals surface area contributed by atoms with Crippen molar-refractivity contribution < 1.29 is 4.79 Å². The molecule has 0 unspecified atom stereocenters. The summed E-state index contributed by atoms with van der Waals surface area (Å²) in [6.07, 6.45) is 4.65. The van der Waals surface area contributed by atoms with Crippen molar-refractivity contribution in [2.75, 3.05) is 20.1 Å². The van der Waals surface area contributed by atoms with E-state index in [1.165, 1.54) is 6.42 Å². The fourth-order valence-corrected chi connectivity index (χ4v) is 2.83. The Kier molecular flexibility index (Phi) is 4.28. The molecule has 4 nitrogen and oxygen atoms in total. The highest BCUT2D eigenvalue weighted by atomic mass is 16.2. The van der Waals surface area contributed by atoms with Gasteiger partial charge in [-0.3, -0.25) is 4.79 Å². The van der Waals surface area contributed by atoms with Gasteiger partial charge in [-0.05, 0) is 45.2 Å². The van der Waals surface area contributed by atoms with Crippen molar-refractivity contribution in [1.82, 2.24) is 9.80 Å². The Labute approximate surface area is 110 Å². The van der Waals surface area contributed by atoms with Crippen LogP contribution in [0.3, 0.4) is 0 Å². The van der Waals surface area contributed by atoms with Crippen molar-refractivity contribution >= 4 is 5.91 Å². The van der Waals surface area contributed by atoms with E-state index in [0.29, 0.717) is 12.1 Å². The van der Waals surface area contributed by atoms with Crippen LogP contribution in [0.25, 0.3) is 0 Å². The van der Waals surface area contributed by atoms with E-state index in [1.54, 1.807) is 0 Å². The molecule has 1 heterocycles. The molecule has 0 aromatic carbocycles. The molecule has 2 atom stereocenters. The molecular weight excluding hydrogens is 226 g/mol. The molecule has 0 aromatic rings. The first-order valence-corrected chi connectivity index (χ1v) is 7.27. The van der Waals surface area contributed by atoms with Crippen molar-refractivity contribution in [3.05, 3.63) is 0 Å². The Hall–Kier alpha value is -0.610. The summed E-state index contributed by atoms with van der Waals surface area (Å²) >= 11 is 0. The second kappa shape index (κ2) is 5.57. The van der Waals surface area contributed by atoms with E-state index in [1.807, 2.05) is 13.8 Å². The molecular formula is C14H27N3O. The van der Waals surface area contributed by atoms with Gasteiger partial charge in [-0.1, -0.05) is 13.8 Å². The number of hydrogen-bond acceptors (Lipinski definition) is 3. The van der Waals surface area contributed by atoms with Gasteiger partial charge < -0.3 is 15.5 Å². The number of nitrogens with zero attached hydrogens (tertiary/aromatic N) is 2. The Morgan fingerprint density at radius 3 is 2.44 bits per heavy atom. The third-order valence-electron chi connectivity index (χ3n) is 4.19. The van der Waals surface area contributed by atoms with Crippen LogP contribution >= 0.6 is 0 Å². The molecule has 1 amide bonds. The monoisotopic (exact) mass is 253 g/mol. The Morgan fingerprint density at radius 1 is 1.28 bits per heavy atom. The van der Waals surface area contributed by atoms with E-state index < -0.39 is 0 Å². The van der Waals surface area contributed by atoms with Crippen LogP contribution in [-0.2, 0) is 4.79 Å². The number of likely N-dealkylation sites (N-methyl/N-ethyl adjacent to an activating group) is 1. The first-order valence-electron chi connectivity index (χ1n) is 7.27. The molecule has 0 aromatic heterocycles. The molecule has 104 valence electrons. The Morgan fingerprint density at radius 2 is 1.94 bits per heavy atom. The number of likely N-dealkylation sites (tertiary alicyclic amines) is 1.